The van der Waals surface area contributed by atoms with Crippen LogP contribution in [0, 0.1) is 5.41 Å². The molecule has 0 rings (SSSR count). The number of carbonyl (C=O) groups is 1. The first-order chi connectivity index (χ1) is 6.31. The molecule has 0 saturated carbocycles. The number of thiocarbonyl (C=S) groups is 1. The average Bonchev–Trinajstić information content (AvgIpc) is 2.12. The highest BCUT2D eigenvalue weighted by Crippen LogP contribution is 2.13. The van der Waals surface area contributed by atoms with Crippen LogP contribution in [0.2, 0.25) is 0 Å². The van der Waals surface area contributed by atoms with Crippen molar-refractivity contribution in [1.82, 2.24) is 5.32 Å². The van der Waals surface area contributed by atoms with Crippen LogP contribution in [0.3, 0.4) is 0 Å². The van der Waals surface area contributed by atoms with E-state index >= 15 is 0 Å². The Morgan fingerprint density at radius 2 is 2.14 bits per heavy atom. The zero-order chi connectivity index (χ0) is 11.4. The van der Waals surface area contributed by atoms with Crippen molar-refractivity contribution in [3.8, 4) is 0 Å². The van der Waals surface area contributed by atoms with Gasteiger partial charge in [-0.05, 0) is 6.92 Å². The van der Waals surface area contributed by atoms with Gasteiger partial charge < -0.3 is 15.8 Å². The van der Waals surface area contributed by atoms with Crippen molar-refractivity contribution in [2.24, 2.45) is 11.1 Å². The van der Waals surface area contributed by atoms with Gasteiger partial charge in [0.25, 0.3) is 0 Å². The molecule has 0 aromatic heterocycles. The van der Waals surface area contributed by atoms with Crippen molar-refractivity contribution in [3.05, 3.63) is 0 Å². The maximum Gasteiger partial charge on any atom is 0.248 e. The van der Waals surface area contributed by atoms with Crippen molar-refractivity contribution in [1.29, 1.82) is 0 Å². The molecule has 82 valence electrons. The summed E-state index contributed by atoms with van der Waals surface area (Å²) in [5.74, 6) is -0.156. The van der Waals surface area contributed by atoms with E-state index < -0.39 is 6.10 Å². The molecular weight excluding hydrogens is 200 g/mol. The topological polar surface area (TPSA) is 64.3 Å². The fraction of sp³-hybridized carbons (Fsp3) is 0.778. The number of carbonyl (C=O) groups excluding carboxylic acids is 1. The summed E-state index contributed by atoms with van der Waals surface area (Å²) in [7, 11) is 1.49. The molecule has 1 amide bonds. The maximum absolute atomic E-state index is 11.3. The predicted octanol–water partition coefficient (Wildman–Crippen LogP) is 0.450. The number of amides is 1. The molecule has 0 fully saturated rings. The van der Waals surface area contributed by atoms with Gasteiger partial charge in [-0.2, -0.15) is 0 Å². The lowest BCUT2D eigenvalue weighted by atomic mass is 9.93. The summed E-state index contributed by atoms with van der Waals surface area (Å²) >= 11 is 4.87. The zero-order valence-electron chi connectivity index (χ0n) is 9.09. The molecule has 0 aliphatic rings. The molecule has 3 N–H and O–H groups in total. The minimum absolute atomic E-state index is 0.156. The fourth-order valence-corrected chi connectivity index (χ4v) is 0.718. The van der Waals surface area contributed by atoms with Gasteiger partial charge in [-0.25, -0.2) is 0 Å². The van der Waals surface area contributed by atoms with E-state index in [4.69, 9.17) is 22.7 Å². The zero-order valence-corrected chi connectivity index (χ0v) is 9.90. The Kier molecular flexibility index (Phi) is 5.01. The van der Waals surface area contributed by atoms with Crippen LogP contribution >= 0.6 is 12.2 Å². The Bertz CT molecular complexity index is 229. The molecule has 0 aromatic carbocycles. The van der Waals surface area contributed by atoms with Crippen LogP contribution in [0.4, 0.5) is 0 Å². The molecule has 0 aliphatic carbocycles. The molecule has 5 heteroatoms. The number of hydrogen-bond acceptors (Lipinski definition) is 3. The van der Waals surface area contributed by atoms with Crippen LogP contribution in [0.15, 0.2) is 0 Å². The van der Waals surface area contributed by atoms with E-state index in [2.05, 4.69) is 5.32 Å². The molecule has 0 saturated heterocycles. The highest BCUT2D eigenvalue weighted by molar-refractivity contribution is 7.80. The van der Waals surface area contributed by atoms with Crippen LogP contribution in [0.25, 0.3) is 0 Å². The van der Waals surface area contributed by atoms with Crippen LogP contribution in [0.1, 0.15) is 20.8 Å². The van der Waals surface area contributed by atoms with Crippen LogP contribution in [0.5, 0.6) is 0 Å². The Morgan fingerprint density at radius 3 is 2.50 bits per heavy atom. The Balaban J connectivity index is 4.06. The molecule has 1 atom stereocenters. The molecular formula is C9H18N2O2S. The van der Waals surface area contributed by atoms with Crippen molar-refractivity contribution in [3.63, 3.8) is 0 Å². The predicted molar refractivity (Wildman–Crippen MR) is 60.0 cm³/mol. The van der Waals surface area contributed by atoms with E-state index in [1.165, 1.54) is 7.11 Å². The summed E-state index contributed by atoms with van der Waals surface area (Å²) in [4.78, 5) is 11.7. The minimum Gasteiger partial charge on any atom is -0.393 e. The number of methoxy groups -OCH3 is 1. The Hall–Kier alpha value is -0.680. The number of nitrogens with one attached hydrogen (secondary N) is 1. The first kappa shape index (κ1) is 13.3. The average molecular weight is 218 g/mol. The molecule has 1 unspecified atom stereocenters. The molecule has 0 radical (unpaired) electrons. The van der Waals surface area contributed by atoms with Gasteiger partial charge in [0, 0.05) is 19.1 Å². The van der Waals surface area contributed by atoms with E-state index in [0.717, 1.165) is 0 Å². The monoisotopic (exact) mass is 218 g/mol. The quantitative estimate of drug-likeness (QED) is 0.658. The van der Waals surface area contributed by atoms with E-state index in [9.17, 15) is 4.79 Å². The van der Waals surface area contributed by atoms with Gasteiger partial charge in [0.15, 0.2) is 0 Å². The Labute approximate surface area is 90.2 Å². The lowest BCUT2D eigenvalue weighted by Gasteiger charge is -2.24. The van der Waals surface area contributed by atoms with Crippen LogP contribution in [-0.2, 0) is 9.53 Å². The van der Waals surface area contributed by atoms with Crippen molar-refractivity contribution in [2.45, 2.75) is 26.9 Å². The van der Waals surface area contributed by atoms with Gasteiger partial charge in [0.1, 0.15) is 6.10 Å². The molecule has 14 heavy (non-hydrogen) atoms. The van der Waals surface area contributed by atoms with Crippen molar-refractivity contribution in [2.75, 3.05) is 13.7 Å². The third-order valence-corrected chi connectivity index (χ3v) is 2.65. The van der Waals surface area contributed by atoms with E-state index in [-0.39, 0.29) is 11.3 Å². The van der Waals surface area contributed by atoms with Crippen molar-refractivity contribution >= 4 is 23.1 Å². The van der Waals surface area contributed by atoms with Gasteiger partial charge in [0.05, 0.1) is 4.99 Å². The molecule has 0 aliphatic heterocycles. The summed E-state index contributed by atoms with van der Waals surface area (Å²) in [6.07, 6.45) is -0.447. The normalized spacial score (nSPS) is 13.4. The van der Waals surface area contributed by atoms with E-state index in [0.29, 0.717) is 11.5 Å². The van der Waals surface area contributed by atoms with E-state index in [1.807, 2.05) is 13.8 Å². The second-order valence-corrected chi connectivity index (χ2v) is 4.28. The summed E-state index contributed by atoms with van der Waals surface area (Å²) in [6, 6.07) is 0. The van der Waals surface area contributed by atoms with Gasteiger partial charge >= 0.3 is 0 Å². The van der Waals surface area contributed by atoms with Crippen LogP contribution in [-0.4, -0.2) is 30.7 Å². The smallest absolute Gasteiger partial charge is 0.248 e. The SMILES string of the molecule is COC(C)C(=O)NCC(C)(C)C(N)=S. The summed E-state index contributed by atoms with van der Waals surface area (Å²) in [6.45, 7) is 5.87. The highest BCUT2D eigenvalue weighted by Gasteiger charge is 2.23. The Morgan fingerprint density at radius 1 is 1.64 bits per heavy atom. The number of rotatable bonds is 5. The molecule has 0 heterocycles. The lowest BCUT2D eigenvalue weighted by Crippen LogP contribution is -2.44. The van der Waals surface area contributed by atoms with Crippen LogP contribution < -0.4 is 11.1 Å². The lowest BCUT2D eigenvalue weighted by molar-refractivity contribution is -0.130. The maximum atomic E-state index is 11.3. The summed E-state index contributed by atoms with van der Waals surface area (Å²) in [5, 5.41) is 2.72. The van der Waals surface area contributed by atoms with Gasteiger partial charge in [-0.1, -0.05) is 26.1 Å². The third kappa shape index (κ3) is 4.02. The largest absolute Gasteiger partial charge is 0.393 e. The number of hydrogen-bond donors (Lipinski definition) is 2. The molecule has 0 bridgehead atoms. The first-order valence-electron chi connectivity index (χ1n) is 4.41. The van der Waals surface area contributed by atoms with Gasteiger partial charge in [-0.15, -0.1) is 0 Å². The number of ether oxygens (including phenoxy) is 1. The first-order valence-corrected chi connectivity index (χ1v) is 4.82. The number of nitrogens with two attached hydrogens (primary N) is 1. The molecule has 0 aromatic rings. The van der Waals surface area contributed by atoms with E-state index in [1.54, 1.807) is 6.92 Å². The second kappa shape index (κ2) is 5.26. The standard InChI is InChI=1S/C9H18N2O2S/c1-6(13-4)7(12)11-5-9(2,3)8(10)14/h6H,5H2,1-4H3,(H2,10,14)(H,11,12). The summed E-state index contributed by atoms with van der Waals surface area (Å²) < 4.78 is 4.86. The van der Waals surface area contributed by atoms with Gasteiger partial charge in [0.2, 0.25) is 5.91 Å². The fourth-order valence-electron chi connectivity index (χ4n) is 0.646. The third-order valence-electron chi connectivity index (χ3n) is 2.09. The second-order valence-electron chi connectivity index (χ2n) is 3.84. The highest BCUT2D eigenvalue weighted by atomic mass is 32.1. The summed E-state index contributed by atoms with van der Waals surface area (Å²) in [5.41, 5.74) is 5.15. The van der Waals surface area contributed by atoms with Crippen molar-refractivity contribution < 1.29 is 9.53 Å². The van der Waals surface area contributed by atoms with Gasteiger partial charge in [-0.3, -0.25) is 4.79 Å². The molecule has 4 nitrogen and oxygen atoms in total. The minimum atomic E-state index is -0.447. The molecule has 0 spiro atoms.